The lowest BCUT2D eigenvalue weighted by atomic mass is 9.86. The van der Waals surface area contributed by atoms with Crippen LogP contribution in [-0.2, 0) is 14.3 Å². The predicted octanol–water partition coefficient (Wildman–Crippen LogP) is 4.18. The number of nitrogens with zero attached hydrogens (tertiary/aromatic N) is 2. The Labute approximate surface area is 218 Å². The minimum Gasteiger partial charge on any atom is -0.465 e. The molecule has 38 heavy (non-hydrogen) atoms. The summed E-state index contributed by atoms with van der Waals surface area (Å²) in [5.41, 5.74) is 1.03. The molecule has 2 aromatic carbocycles. The number of ether oxygens (including phenoxy) is 2. The highest BCUT2D eigenvalue weighted by Crippen LogP contribution is 2.49. The molecule has 2 aliphatic heterocycles. The highest BCUT2D eigenvalue weighted by Gasteiger charge is 2.57. The van der Waals surface area contributed by atoms with E-state index in [2.05, 4.69) is 4.74 Å². The zero-order valence-electron chi connectivity index (χ0n) is 20.9. The fourth-order valence-electron chi connectivity index (χ4n) is 5.80. The number of hydrogen-bond donors (Lipinski definition) is 0. The normalized spacial score (nSPS) is 24.2. The summed E-state index contributed by atoms with van der Waals surface area (Å²) in [6.07, 6.45) is -3.22. The highest BCUT2D eigenvalue weighted by atomic mass is 19.4. The first-order chi connectivity index (χ1) is 18.1. The van der Waals surface area contributed by atoms with Crippen molar-refractivity contribution in [2.75, 3.05) is 26.8 Å². The van der Waals surface area contributed by atoms with Crippen molar-refractivity contribution < 1.29 is 37.0 Å². The summed E-state index contributed by atoms with van der Waals surface area (Å²) in [6, 6.07) is 14.3. The number of alkyl halides is 3. The molecule has 2 unspecified atom stereocenters. The fourth-order valence-corrected chi connectivity index (χ4v) is 5.80. The lowest BCUT2D eigenvalue weighted by molar-refractivity contribution is -0.188. The lowest BCUT2D eigenvalue weighted by Gasteiger charge is -2.39. The molecule has 2 saturated heterocycles. The second-order valence-electron chi connectivity index (χ2n) is 10.2. The van der Waals surface area contributed by atoms with Crippen molar-refractivity contribution in [2.24, 2.45) is 0 Å². The number of esters is 1. The van der Waals surface area contributed by atoms with Crippen LogP contribution in [0.4, 0.5) is 13.2 Å². The van der Waals surface area contributed by atoms with Gasteiger partial charge in [0.25, 0.3) is 5.91 Å². The molecule has 1 saturated carbocycles. The van der Waals surface area contributed by atoms with Crippen molar-refractivity contribution in [1.82, 2.24) is 9.80 Å². The van der Waals surface area contributed by atoms with E-state index in [0.29, 0.717) is 49.9 Å². The summed E-state index contributed by atoms with van der Waals surface area (Å²) < 4.78 is 51.6. The summed E-state index contributed by atoms with van der Waals surface area (Å²) in [5, 5.41) is 0. The average molecular weight is 531 g/mol. The van der Waals surface area contributed by atoms with Gasteiger partial charge in [-0.05, 0) is 55.5 Å². The molecule has 2 amide bonds. The second kappa shape index (κ2) is 10.1. The van der Waals surface area contributed by atoms with Gasteiger partial charge in [-0.25, -0.2) is 4.79 Å². The van der Waals surface area contributed by atoms with Crippen LogP contribution in [0, 0.1) is 0 Å². The zero-order chi connectivity index (χ0) is 27.1. The molecule has 2 aromatic rings. The van der Waals surface area contributed by atoms with Gasteiger partial charge in [0.15, 0.2) is 0 Å². The van der Waals surface area contributed by atoms with Crippen LogP contribution in [0.25, 0.3) is 0 Å². The fraction of sp³-hybridized carbons (Fsp3) is 0.464. The molecule has 0 aromatic heterocycles. The first-order valence-corrected chi connectivity index (χ1v) is 12.7. The van der Waals surface area contributed by atoms with Crippen molar-refractivity contribution >= 4 is 17.8 Å². The van der Waals surface area contributed by atoms with Crippen LogP contribution in [0.5, 0.6) is 0 Å². The number of methoxy groups -OCH3 is 1. The number of benzene rings is 2. The maximum atomic E-state index is 13.6. The predicted molar refractivity (Wildman–Crippen MR) is 130 cm³/mol. The first-order valence-electron chi connectivity index (χ1n) is 12.7. The van der Waals surface area contributed by atoms with Gasteiger partial charge in [-0.3, -0.25) is 9.59 Å². The van der Waals surface area contributed by atoms with Gasteiger partial charge in [0.2, 0.25) is 0 Å². The molecule has 10 heteroatoms. The third-order valence-electron chi connectivity index (χ3n) is 7.92. The molecular weight excluding hydrogens is 501 g/mol. The van der Waals surface area contributed by atoms with E-state index in [4.69, 9.17) is 4.74 Å². The van der Waals surface area contributed by atoms with Crippen LogP contribution in [0.2, 0.25) is 0 Å². The number of carbonyl (C=O) groups excluding carboxylic acids is 3. The Balaban J connectivity index is 1.24. The van der Waals surface area contributed by atoms with E-state index in [1.165, 1.54) is 19.2 Å². The standard InChI is InChI=1S/C28H29F3N2O5/c1-37-25(35)20-9-7-19(8-10-20)24(34)32-13-11-27(12-14-32)16-21(17-38-27)33(26(36)28(29,30)31)23-15-22(23)18-5-3-2-4-6-18/h2-10,21-23H,11-17H2,1H3/t21?,22-,23?/m0/s1. The Hall–Kier alpha value is -3.40. The maximum Gasteiger partial charge on any atom is 0.471 e. The summed E-state index contributed by atoms with van der Waals surface area (Å²) in [4.78, 5) is 39.8. The summed E-state index contributed by atoms with van der Waals surface area (Å²) in [6.45, 7) is 0.809. The molecule has 1 spiro atoms. The van der Waals surface area contributed by atoms with E-state index in [1.54, 1.807) is 17.0 Å². The number of hydrogen-bond acceptors (Lipinski definition) is 5. The molecule has 5 rings (SSSR count). The van der Waals surface area contributed by atoms with Gasteiger partial charge in [-0.2, -0.15) is 13.2 Å². The number of likely N-dealkylation sites (tertiary alicyclic amines) is 1. The van der Waals surface area contributed by atoms with Crippen molar-refractivity contribution in [1.29, 1.82) is 0 Å². The molecule has 3 fully saturated rings. The molecule has 2 heterocycles. The first kappa shape index (κ1) is 26.2. The maximum absolute atomic E-state index is 13.6. The van der Waals surface area contributed by atoms with Gasteiger partial charge in [0.1, 0.15) is 0 Å². The Morgan fingerprint density at radius 1 is 1.00 bits per heavy atom. The number of amides is 2. The largest absolute Gasteiger partial charge is 0.471 e. The second-order valence-corrected chi connectivity index (χ2v) is 10.2. The molecular formula is C28H29F3N2O5. The van der Waals surface area contributed by atoms with Gasteiger partial charge < -0.3 is 19.3 Å². The van der Waals surface area contributed by atoms with Gasteiger partial charge in [0.05, 0.1) is 30.9 Å². The smallest absolute Gasteiger partial charge is 0.465 e. The van der Waals surface area contributed by atoms with E-state index in [1.807, 2.05) is 30.3 Å². The van der Waals surface area contributed by atoms with Crippen LogP contribution in [0.15, 0.2) is 54.6 Å². The van der Waals surface area contributed by atoms with E-state index in [0.717, 1.165) is 10.5 Å². The summed E-state index contributed by atoms with van der Waals surface area (Å²) >= 11 is 0. The number of rotatable bonds is 5. The molecule has 3 aliphatic rings. The quantitative estimate of drug-likeness (QED) is 0.542. The number of piperidine rings is 1. The topological polar surface area (TPSA) is 76.2 Å². The Morgan fingerprint density at radius 3 is 2.24 bits per heavy atom. The SMILES string of the molecule is COC(=O)c1ccc(C(=O)N2CCC3(CC2)CC(N(C(=O)C(F)(F)F)C2C[C@H]2c2ccccc2)CO3)cc1. The van der Waals surface area contributed by atoms with Gasteiger partial charge in [0, 0.05) is 30.6 Å². The molecule has 3 atom stereocenters. The van der Waals surface area contributed by atoms with Crippen molar-refractivity contribution in [3.63, 3.8) is 0 Å². The molecule has 7 nitrogen and oxygen atoms in total. The Morgan fingerprint density at radius 2 is 1.63 bits per heavy atom. The summed E-state index contributed by atoms with van der Waals surface area (Å²) in [7, 11) is 1.28. The van der Waals surface area contributed by atoms with Gasteiger partial charge >= 0.3 is 18.1 Å². The van der Waals surface area contributed by atoms with Crippen molar-refractivity contribution in [3.05, 3.63) is 71.3 Å². The Bertz CT molecular complexity index is 1190. The molecule has 0 N–H and O–H groups in total. The van der Waals surface area contributed by atoms with E-state index >= 15 is 0 Å². The Kier molecular flexibility index (Phi) is 6.94. The van der Waals surface area contributed by atoms with Crippen molar-refractivity contribution in [2.45, 2.75) is 55.5 Å². The van der Waals surface area contributed by atoms with E-state index in [-0.39, 0.29) is 18.4 Å². The van der Waals surface area contributed by atoms with Crippen molar-refractivity contribution in [3.8, 4) is 0 Å². The lowest BCUT2D eigenvalue weighted by Crippen LogP contribution is -2.50. The van der Waals surface area contributed by atoms with Crippen LogP contribution in [-0.4, -0.2) is 78.3 Å². The highest BCUT2D eigenvalue weighted by molar-refractivity contribution is 5.96. The third kappa shape index (κ3) is 5.14. The average Bonchev–Trinajstić information content (AvgIpc) is 3.61. The van der Waals surface area contributed by atoms with Crippen LogP contribution in [0.1, 0.15) is 57.9 Å². The van der Waals surface area contributed by atoms with E-state index < -0.39 is 35.7 Å². The summed E-state index contributed by atoms with van der Waals surface area (Å²) in [5.74, 6) is -2.61. The van der Waals surface area contributed by atoms with Crippen LogP contribution in [0.3, 0.4) is 0 Å². The van der Waals surface area contributed by atoms with Gasteiger partial charge in [-0.15, -0.1) is 0 Å². The number of halogens is 3. The van der Waals surface area contributed by atoms with Gasteiger partial charge in [-0.1, -0.05) is 30.3 Å². The van der Waals surface area contributed by atoms with Crippen LogP contribution >= 0.6 is 0 Å². The number of carbonyl (C=O) groups is 3. The third-order valence-corrected chi connectivity index (χ3v) is 7.92. The monoisotopic (exact) mass is 530 g/mol. The zero-order valence-corrected chi connectivity index (χ0v) is 20.9. The molecule has 202 valence electrons. The van der Waals surface area contributed by atoms with E-state index in [9.17, 15) is 27.6 Å². The molecule has 1 aliphatic carbocycles. The molecule has 0 radical (unpaired) electrons. The minimum absolute atomic E-state index is 0.0444. The van der Waals surface area contributed by atoms with Crippen LogP contribution < -0.4 is 0 Å². The minimum atomic E-state index is -4.96. The molecule has 0 bridgehead atoms.